The van der Waals surface area contributed by atoms with Crippen molar-refractivity contribution < 1.29 is 14.7 Å². The molecule has 124 valence electrons. The Morgan fingerprint density at radius 1 is 1.30 bits per heavy atom. The zero-order valence-electron chi connectivity index (χ0n) is 12.8. The molecule has 2 atom stereocenters. The molecule has 0 bridgehead atoms. The van der Waals surface area contributed by atoms with E-state index < -0.39 is 24.0 Å². The molecule has 7 nitrogen and oxygen atoms in total. The Hall–Kier alpha value is -2.38. The number of aromatic amines is 1. The third-order valence-corrected chi connectivity index (χ3v) is 3.76. The van der Waals surface area contributed by atoms with E-state index in [1.807, 2.05) is 30.5 Å². The predicted molar refractivity (Wildman–Crippen MR) is 87.8 cm³/mol. The highest BCUT2D eigenvalue weighted by Gasteiger charge is 2.23. The highest BCUT2D eigenvalue weighted by atomic mass is 16.4. The van der Waals surface area contributed by atoms with E-state index in [-0.39, 0.29) is 6.42 Å². The van der Waals surface area contributed by atoms with Crippen LogP contribution in [0.2, 0.25) is 0 Å². The highest BCUT2D eigenvalue weighted by molar-refractivity contribution is 5.88. The standard InChI is InChI=1S/C16H22N4O3/c17-7-3-6-14(16(22)23)20-15(21)12(18)8-10-9-19-13-5-2-1-4-11(10)13/h1-2,4-5,9,12,14,19H,3,6-8,17-18H2,(H,20,21)(H,22,23)/t12-,14-/m0/s1. The van der Waals surface area contributed by atoms with Crippen LogP contribution in [0, 0.1) is 0 Å². The van der Waals surface area contributed by atoms with E-state index in [4.69, 9.17) is 16.6 Å². The van der Waals surface area contributed by atoms with E-state index in [0.29, 0.717) is 19.4 Å². The Bertz CT molecular complexity index is 683. The second kappa shape index (κ2) is 7.75. The molecule has 7 heteroatoms. The average molecular weight is 318 g/mol. The summed E-state index contributed by atoms with van der Waals surface area (Å²) in [5.74, 6) is -1.55. The summed E-state index contributed by atoms with van der Waals surface area (Å²) >= 11 is 0. The summed E-state index contributed by atoms with van der Waals surface area (Å²) < 4.78 is 0. The summed E-state index contributed by atoms with van der Waals surface area (Å²) in [5.41, 5.74) is 13.2. The molecular formula is C16H22N4O3. The van der Waals surface area contributed by atoms with Crippen LogP contribution in [0.4, 0.5) is 0 Å². The van der Waals surface area contributed by atoms with Gasteiger partial charge in [0.2, 0.25) is 5.91 Å². The van der Waals surface area contributed by atoms with E-state index in [2.05, 4.69) is 10.3 Å². The van der Waals surface area contributed by atoms with Gasteiger partial charge in [0.1, 0.15) is 6.04 Å². The van der Waals surface area contributed by atoms with Crippen molar-refractivity contribution in [2.45, 2.75) is 31.3 Å². The van der Waals surface area contributed by atoms with Crippen molar-refractivity contribution in [3.8, 4) is 0 Å². The number of para-hydroxylation sites is 1. The number of carboxylic acid groups (broad SMARTS) is 1. The molecule has 0 aliphatic rings. The third kappa shape index (κ3) is 4.30. The zero-order valence-corrected chi connectivity index (χ0v) is 12.8. The smallest absolute Gasteiger partial charge is 0.326 e. The van der Waals surface area contributed by atoms with Gasteiger partial charge in [0.25, 0.3) is 0 Å². The van der Waals surface area contributed by atoms with Crippen molar-refractivity contribution in [3.05, 3.63) is 36.0 Å². The van der Waals surface area contributed by atoms with E-state index in [9.17, 15) is 9.59 Å². The molecule has 1 heterocycles. The molecule has 1 aromatic heterocycles. The Balaban J connectivity index is 2.00. The molecule has 0 saturated heterocycles. The van der Waals surface area contributed by atoms with Crippen LogP contribution in [-0.4, -0.2) is 40.6 Å². The van der Waals surface area contributed by atoms with Crippen LogP contribution in [0.5, 0.6) is 0 Å². The molecule has 0 unspecified atom stereocenters. The molecule has 7 N–H and O–H groups in total. The molecule has 0 spiro atoms. The van der Waals surface area contributed by atoms with Crippen LogP contribution in [-0.2, 0) is 16.0 Å². The predicted octanol–water partition coefficient (Wildman–Crippen LogP) is 0.346. The molecule has 2 aromatic rings. The molecule has 0 saturated carbocycles. The van der Waals surface area contributed by atoms with Crippen molar-refractivity contribution in [1.82, 2.24) is 10.3 Å². The van der Waals surface area contributed by atoms with Gasteiger partial charge in [0.05, 0.1) is 6.04 Å². The maximum atomic E-state index is 12.1. The normalized spacial score (nSPS) is 13.7. The number of benzene rings is 1. The number of fused-ring (bicyclic) bond motifs is 1. The molecule has 0 radical (unpaired) electrons. The van der Waals surface area contributed by atoms with Crippen LogP contribution in [0.25, 0.3) is 10.9 Å². The number of carbonyl (C=O) groups is 2. The Morgan fingerprint density at radius 2 is 2.04 bits per heavy atom. The Labute approximate surface area is 134 Å². The third-order valence-electron chi connectivity index (χ3n) is 3.76. The Morgan fingerprint density at radius 3 is 2.74 bits per heavy atom. The lowest BCUT2D eigenvalue weighted by Gasteiger charge is -2.17. The molecule has 0 fully saturated rings. The number of amides is 1. The fraction of sp³-hybridized carbons (Fsp3) is 0.375. The first-order valence-corrected chi connectivity index (χ1v) is 7.56. The van der Waals surface area contributed by atoms with Gasteiger partial charge in [-0.2, -0.15) is 0 Å². The number of rotatable bonds is 8. The first kappa shape index (κ1) is 17.0. The summed E-state index contributed by atoms with van der Waals surface area (Å²) in [6, 6.07) is 5.96. The van der Waals surface area contributed by atoms with Crippen LogP contribution in [0.3, 0.4) is 0 Å². The highest BCUT2D eigenvalue weighted by Crippen LogP contribution is 2.18. The largest absolute Gasteiger partial charge is 0.480 e. The molecule has 1 aromatic carbocycles. The summed E-state index contributed by atoms with van der Waals surface area (Å²) in [6.45, 7) is 0.376. The number of hydrogen-bond acceptors (Lipinski definition) is 4. The van der Waals surface area contributed by atoms with Gasteiger partial charge in [-0.05, 0) is 37.4 Å². The number of aliphatic carboxylic acids is 1. The molecule has 0 aliphatic carbocycles. The maximum Gasteiger partial charge on any atom is 0.326 e. The summed E-state index contributed by atoms with van der Waals surface area (Å²) in [6.07, 6.45) is 2.96. The van der Waals surface area contributed by atoms with Crippen LogP contribution in [0.15, 0.2) is 30.5 Å². The zero-order chi connectivity index (χ0) is 16.8. The van der Waals surface area contributed by atoms with Gasteiger partial charge < -0.3 is 26.9 Å². The molecule has 2 rings (SSSR count). The van der Waals surface area contributed by atoms with E-state index >= 15 is 0 Å². The molecule has 1 amide bonds. The van der Waals surface area contributed by atoms with Gasteiger partial charge in [-0.15, -0.1) is 0 Å². The maximum absolute atomic E-state index is 12.1. The van der Waals surface area contributed by atoms with E-state index in [1.54, 1.807) is 0 Å². The number of H-pyrrole nitrogens is 1. The topological polar surface area (TPSA) is 134 Å². The SMILES string of the molecule is NCCC[C@H](NC(=O)[C@@H](N)Cc1c[nH]c2ccccc12)C(=O)O. The van der Waals surface area contributed by atoms with Crippen LogP contribution in [0.1, 0.15) is 18.4 Å². The van der Waals surface area contributed by atoms with Gasteiger partial charge in [-0.1, -0.05) is 18.2 Å². The fourth-order valence-corrected chi connectivity index (χ4v) is 2.49. The molecular weight excluding hydrogens is 296 g/mol. The van der Waals surface area contributed by atoms with E-state index in [1.165, 1.54) is 0 Å². The quantitative estimate of drug-likeness (QED) is 0.478. The van der Waals surface area contributed by atoms with Gasteiger partial charge in [-0.3, -0.25) is 4.79 Å². The number of carboxylic acids is 1. The van der Waals surface area contributed by atoms with Gasteiger partial charge in [0.15, 0.2) is 0 Å². The van der Waals surface area contributed by atoms with Crippen LogP contribution < -0.4 is 16.8 Å². The summed E-state index contributed by atoms with van der Waals surface area (Å²) in [4.78, 5) is 26.4. The number of aromatic nitrogens is 1. The van der Waals surface area contributed by atoms with E-state index in [0.717, 1.165) is 16.5 Å². The van der Waals surface area contributed by atoms with Gasteiger partial charge >= 0.3 is 5.97 Å². The average Bonchev–Trinajstić information content (AvgIpc) is 2.94. The van der Waals surface area contributed by atoms with Gasteiger partial charge in [-0.25, -0.2) is 4.79 Å². The molecule has 0 aliphatic heterocycles. The van der Waals surface area contributed by atoms with Gasteiger partial charge in [0, 0.05) is 17.1 Å². The minimum absolute atomic E-state index is 0.289. The fourth-order valence-electron chi connectivity index (χ4n) is 2.49. The number of carbonyl (C=O) groups excluding carboxylic acids is 1. The van der Waals surface area contributed by atoms with Crippen molar-refractivity contribution in [2.75, 3.05) is 6.54 Å². The van der Waals surface area contributed by atoms with Crippen molar-refractivity contribution in [1.29, 1.82) is 0 Å². The lowest BCUT2D eigenvalue weighted by molar-refractivity contribution is -0.142. The minimum atomic E-state index is -1.08. The summed E-state index contributed by atoms with van der Waals surface area (Å²) in [5, 5.41) is 12.6. The summed E-state index contributed by atoms with van der Waals surface area (Å²) in [7, 11) is 0. The lowest BCUT2D eigenvalue weighted by atomic mass is 10.0. The number of nitrogens with one attached hydrogen (secondary N) is 2. The van der Waals surface area contributed by atoms with Crippen molar-refractivity contribution in [2.24, 2.45) is 11.5 Å². The Kier molecular flexibility index (Phi) is 5.72. The second-order valence-corrected chi connectivity index (χ2v) is 5.50. The van der Waals surface area contributed by atoms with Crippen molar-refractivity contribution in [3.63, 3.8) is 0 Å². The first-order chi connectivity index (χ1) is 11.0. The number of hydrogen-bond donors (Lipinski definition) is 5. The minimum Gasteiger partial charge on any atom is -0.480 e. The first-order valence-electron chi connectivity index (χ1n) is 7.56. The monoisotopic (exact) mass is 318 g/mol. The van der Waals surface area contributed by atoms with Crippen molar-refractivity contribution >= 4 is 22.8 Å². The number of nitrogens with two attached hydrogens (primary N) is 2. The van der Waals surface area contributed by atoms with Crippen LogP contribution >= 0.6 is 0 Å². The second-order valence-electron chi connectivity index (χ2n) is 5.50. The lowest BCUT2D eigenvalue weighted by Crippen LogP contribution is -2.49. The molecule has 23 heavy (non-hydrogen) atoms.